The first kappa shape index (κ1) is 9.98. The lowest BCUT2D eigenvalue weighted by atomic mass is 10.1. The molecule has 0 aromatic rings. The summed E-state index contributed by atoms with van der Waals surface area (Å²) in [7, 11) is 0. The van der Waals surface area contributed by atoms with Crippen molar-refractivity contribution in [2.45, 2.75) is 25.9 Å². The Kier molecular flexibility index (Phi) is 3.70. The van der Waals surface area contributed by atoms with E-state index < -0.39 is 0 Å². The lowest BCUT2D eigenvalue weighted by Gasteiger charge is -2.06. The molecule has 1 atom stereocenters. The zero-order valence-electron chi connectivity index (χ0n) is 7.52. The van der Waals surface area contributed by atoms with Gasteiger partial charge in [-0.2, -0.15) is 0 Å². The molecule has 0 radical (unpaired) electrons. The summed E-state index contributed by atoms with van der Waals surface area (Å²) >= 11 is 0. The molecule has 1 heterocycles. The highest BCUT2D eigenvalue weighted by molar-refractivity contribution is 5.85. The summed E-state index contributed by atoms with van der Waals surface area (Å²) in [6, 6.07) is 0. The maximum Gasteiger partial charge on any atom is 0.302 e. The Bertz CT molecular complexity index is 214. The number of esters is 1. The fourth-order valence-electron chi connectivity index (χ4n) is 1.06. The van der Waals surface area contributed by atoms with E-state index >= 15 is 0 Å². The molecule has 5 nitrogen and oxygen atoms in total. The average molecular weight is 187 g/mol. The zero-order valence-corrected chi connectivity index (χ0v) is 7.52. The maximum atomic E-state index is 10.5. The van der Waals surface area contributed by atoms with Crippen molar-refractivity contribution >= 4 is 11.7 Å². The number of rotatable bonds is 4. The van der Waals surface area contributed by atoms with E-state index in [0.717, 1.165) is 5.71 Å². The summed E-state index contributed by atoms with van der Waals surface area (Å²) in [6.07, 6.45) is 0.982. The molecular weight excluding hydrogens is 174 g/mol. The van der Waals surface area contributed by atoms with Gasteiger partial charge in [0, 0.05) is 26.4 Å². The topological polar surface area (TPSA) is 68.1 Å². The van der Waals surface area contributed by atoms with E-state index in [1.807, 2.05) is 0 Å². The van der Waals surface area contributed by atoms with Gasteiger partial charge in [-0.15, -0.1) is 0 Å². The van der Waals surface area contributed by atoms with Crippen LogP contribution in [0.4, 0.5) is 0 Å². The molecule has 1 rings (SSSR count). The Morgan fingerprint density at radius 2 is 2.62 bits per heavy atom. The SMILES string of the molecule is CC(=O)OCC1CC(CCO)=NO1. The molecule has 0 saturated heterocycles. The van der Waals surface area contributed by atoms with Gasteiger partial charge in [0.15, 0.2) is 6.10 Å². The van der Waals surface area contributed by atoms with E-state index in [9.17, 15) is 4.79 Å². The summed E-state index contributed by atoms with van der Waals surface area (Å²) in [5.41, 5.74) is 0.819. The average Bonchev–Trinajstić information content (AvgIpc) is 2.50. The van der Waals surface area contributed by atoms with Gasteiger partial charge in [0.2, 0.25) is 0 Å². The lowest BCUT2D eigenvalue weighted by Crippen LogP contribution is -2.17. The van der Waals surface area contributed by atoms with Crippen LogP contribution < -0.4 is 0 Å². The fraction of sp³-hybridized carbons (Fsp3) is 0.750. The Hall–Kier alpha value is -1.10. The molecule has 0 aliphatic carbocycles. The second kappa shape index (κ2) is 4.81. The summed E-state index contributed by atoms with van der Waals surface area (Å²) in [4.78, 5) is 15.4. The first-order chi connectivity index (χ1) is 6.22. The second-order valence-electron chi connectivity index (χ2n) is 2.87. The van der Waals surface area contributed by atoms with Crippen LogP contribution in [0.2, 0.25) is 0 Å². The Labute approximate surface area is 76.3 Å². The van der Waals surface area contributed by atoms with Crippen LogP contribution >= 0.6 is 0 Å². The number of ether oxygens (including phenoxy) is 1. The van der Waals surface area contributed by atoms with E-state index in [0.29, 0.717) is 12.8 Å². The van der Waals surface area contributed by atoms with E-state index in [-0.39, 0.29) is 25.3 Å². The molecule has 0 bridgehead atoms. The van der Waals surface area contributed by atoms with Crippen molar-refractivity contribution < 1.29 is 19.5 Å². The van der Waals surface area contributed by atoms with Crippen LogP contribution in [0, 0.1) is 0 Å². The first-order valence-corrected chi connectivity index (χ1v) is 4.18. The minimum atomic E-state index is -0.320. The van der Waals surface area contributed by atoms with Crippen molar-refractivity contribution in [2.24, 2.45) is 5.16 Å². The highest BCUT2D eigenvalue weighted by atomic mass is 16.7. The molecule has 0 aromatic carbocycles. The number of hydrogen-bond donors (Lipinski definition) is 1. The van der Waals surface area contributed by atoms with Gasteiger partial charge < -0.3 is 14.7 Å². The van der Waals surface area contributed by atoms with Gasteiger partial charge in [-0.25, -0.2) is 0 Å². The molecular formula is C8H13NO4. The van der Waals surface area contributed by atoms with Crippen LogP contribution in [0.15, 0.2) is 5.16 Å². The first-order valence-electron chi connectivity index (χ1n) is 4.18. The fourth-order valence-corrected chi connectivity index (χ4v) is 1.06. The van der Waals surface area contributed by atoms with E-state index in [2.05, 4.69) is 5.16 Å². The van der Waals surface area contributed by atoms with Crippen molar-refractivity contribution in [3.63, 3.8) is 0 Å². The second-order valence-corrected chi connectivity index (χ2v) is 2.87. The van der Waals surface area contributed by atoms with Crippen molar-refractivity contribution in [3.05, 3.63) is 0 Å². The Morgan fingerprint density at radius 3 is 3.23 bits per heavy atom. The third-order valence-electron chi connectivity index (χ3n) is 1.67. The summed E-state index contributed by atoms with van der Waals surface area (Å²) < 4.78 is 4.75. The van der Waals surface area contributed by atoms with Gasteiger partial charge in [0.25, 0.3) is 0 Å². The van der Waals surface area contributed by atoms with Crippen LogP contribution in [0.25, 0.3) is 0 Å². The molecule has 0 fully saturated rings. The molecule has 0 aromatic heterocycles. The van der Waals surface area contributed by atoms with Crippen molar-refractivity contribution in [1.82, 2.24) is 0 Å². The quantitative estimate of drug-likeness (QED) is 0.633. The monoisotopic (exact) mass is 187 g/mol. The van der Waals surface area contributed by atoms with Gasteiger partial charge >= 0.3 is 5.97 Å². The van der Waals surface area contributed by atoms with Gasteiger partial charge in [0.05, 0.1) is 5.71 Å². The summed E-state index contributed by atoms with van der Waals surface area (Å²) in [5.74, 6) is -0.320. The smallest absolute Gasteiger partial charge is 0.302 e. The minimum Gasteiger partial charge on any atom is -0.462 e. The van der Waals surface area contributed by atoms with E-state index in [1.165, 1.54) is 6.92 Å². The summed E-state index contributed by atoms with van der Waals surface area (Å²) in [5, 5.41) is 12.4. The number of aliphatic hydroxyl groups excluding tert-OH is 1. The molecule has 74 valence electrons. The number of aliphatic hydroxyl groups is 1. The van der Waals surface area contributed by atoms with Crippen LogP contribution in [0.1, 0.15) is 19.8 Å². The van der Waals surface area contributed by atoms with Crippen LogP contribution in [-0.4, -0.2) is 36.1 Å². The Morgan fingerprint density at radius 1 is 1.85 bits per heavy atom. The van der Waals surface area contributed by atoms with Gasteiger partial charge in [-0.3, -0.25) is 4.79 Å². The van der Waals surface area contributed by atoms with Gasteiger partial charge in [-0.05, 0) is 0 Å². The molecule has 1 aliphatic rings. The minimum absolute atomic E-state index is 0.0719. The standard InChI is InChI=1S/C8H13NO4/c1-6(11)12-5-8-4-7(2-3-10)9-13-8/h8,10H,2-5H2,1H3. The number of hydrogen-bond acceptors (Lipinski definition) is 5. The third kappa shape index (κ3) is 3.42. The third-order valence-corrected chi connectivity index (χ3v) is 1.67. The van der Waals surface area contributed by atoms with Gasteiger partial charge in [-0.1, -0.05) is 5.16 Å². The molecule has 1 unspecified atom stereocenters. The van der Waals surface area contributed by atoms with Crippen molar-refractivity contribution in [1.29, 1.82) is 0 Å². The number of nitrogens with zero attached hydrogens (tertiary/aromatic N) is 1. The largest absolute Gasteiger partial charge is 0.462 e. The highest BCUT2D eigenvalue weighted by Crippen LogP contribution is 2.12. The molecule has 1 N–H and O–H groups in total. The zero-order chi connectivity index (χ0) is 9.68. The highest BCUT2D eigenvalue weighted by Gasteiger charge is 2.21. The maximum absolute atomic E-state index is 10.5. The lowest BCUT2D eigenvalue weighted by molar-refractivity contribution is -0.144. The number of carbonyl (C=O) groups excluding carboxylic acids is 1. The van der Waals surface area contributed by atoms with Crippen LogP contribution in [0.3, 0.4) is 0 Å². The molecule has 5 heteroatoms. The molecule has 0 spiro atoms. The van der Waals surface area contributed by atoms with Crippen LogP contribution in [0.5, 0.6) is 0 Å². The van der Waals surface area contributed by atoms with E-state index in [1.54, 1.807) is 0 Å². The normalized spacial score (nSPS) is 20.8. The Balaban J connectivity index is 2.17. The van der Waals surface area contributed by atoms with Crippen molar-refractivity contribution in [2.75, 3.05) is 13.2 Å². The predicted octanol–water partition coefficient (Wildman–Crippen LogP) is 0.0768. The number of oxime groups is 1. The molecule has 0 amide bonds. The molecule has 13 heavy (non-hydrogen) atoms. The van der Waals surface area contributed by atoms with E-state index in [4.69, 9.17) is 14.7 Å². The van der Waals surface area contributed by atoms with Crippen molar-refractivity contribution in [3.8, 4) is 0 Å². The molecule has 0 saturated carbocycles. The van der Waals surface area contributed by atoms with Gasteiger partial charge in [0.1, 0.15) is 6.61 Å². The summed E-state index contributed by atoms with van der Waals surface area (Å²) in [6.45, 7) is 1.65. The predicted molar refractivity (Wildman–Crippen MR) is 45.3 cm³/mol. The van der Waals surface area contributed by atoms with Crippen LogP contribution in [-0.2, 0) is 14.4 Å². The number of carbonyl (C=O) groups is 1. The molecule has 1 aliphatic heterocycles.